The molecule has 0 spiro atoms. The van der Waals surface area contributed by atoms with Gasteiger partial charge in [-0.05, 0) is 31.2 Å². The summed E-state index contributed by atoms with van der Waals surface area (Å²) in [6, 6.07) is 11.4. The molecule has 1 amide bonds. The number of benzene rings is 2. The standard InChI is InChI=1S/C23H26N6O3S2/c1-15-24-20-11-17(5-6-21(20)33-15)32-14-16(30)12-28-7-9-29(10-8-28)13-22(31)25-18-3-2-4-19-23(18)27-34-26-19/h2-6,11,16,30H,7-10,12-14H2,1H3,(H,25,31)/t16-/m1/s1. The smallest absolute Gasteiger partial charge is 0.238 e. The molecule has 5 rings (SSSR count). The topological polar surface area (TPSA) is 104 Å². The van der Waals surface area contributed by atoms with Crippen molar-refractivity contribution in [1.82, 2.24) is 23.5 Å². The van der Waals surface area contributed by atoms with Crippen LogP contribution >= 0.6 is 23.1 Å². The molecule has 11 heteroatoms. The molecular formula is C23H26N6O3S2. The fourth-order valence-electron chi connectivity index (χ4n) is 4.09. The van der Waals surface area contributed by atoms with Crippen molar-refractivity contribution in [3.63, 3.8) is 0 Å². The van der Waals surface area contributed by atoms with E-state index in [1.54, 1.807) is 11.3 Å². The summed E-state index contributed by atoms with van der Waals surface area (Å²) in [6.07, 6.45) is -0.588. The van der Waals surface area contributed by atoms with Gasteiger partial charge in [0.25, 0.3) is 0 Å². The zero-order valence-corrected chi connectivity index (χ0v) is 20.4. The number of nitrogens with one attached hydrogen (secondary N) is 1. The highest BCUT2D eigenvalue weighted by molar-refractivity contribution is 7.18. The van der Waals surface area contributed by atoms with E-state index in [1.165, 1.54) is 0 Å². The Bertz CT molecular complexity index is 1280. The van der Waals surface area contributed by atoms with Crippen molar-refractivity contribution in [2.75, 3.05) is 51.2 Å². The fraction of sp³-hybridized carbons (Fsp3) is 0.391. The number of rotatable bonds is 8. The van der Waals surface area contributed by atoms with Crippen LogP contribution in [0.2, 0.25) is 0 Å². The van der Waals surface area contributed by atoms with E-state index in [4.69, 9.17) is 4.74 Å². The predicted molar refractivity (Wildman–Crippen MR) is 135 cm³/mol. The van der Waals surface area contributed by atoms with Crippen molar-refractivity contribution in [1.29, 1.82) is 0 Å². The summed E-state index contributed by atoms with van der Waals surface area (Å²) in [4.78, 5) is 21.4. The van der Waals surface area contributed by atoms with E-state index in [1.807, 2.05) is 43.3 Å². The SMILES string of the molecule is Cc1nc2cc(OC[C@H](O)CN3CCN(CC(=O)Nc4cccc5nsnc45)CC3)ccc2s1. The molecule has 1 saturated heterocycles. The molecule has 0 radical (unpaired) electrons. The van der Waals surface area contributed by atoms with E-state index in [-0.39, 0.29) is 12.5 Å². The molecular weight excluding hydrogens is 472 g/mol. The maximum absolute atomic E-state index is 12.5. The number of β-amino-alcohol motifs (C(OH)–C–C–N with tert-alkyl or cyclic N) is 1. The monoisotopic (exact) mass is 498 g/mol. The molecule has 1 fully saturated rings. The number of nitrogens with zero attached hydrogens (tertiary/aromatic N) is 5. The number of anilines is 1. The van der Waals surface area contributed by atoms with Crippen molar-refractivity contribution < 1.29 is 14.6 Å². The number of carbonyl (C=O) groups is 1. The summed E-state index contributed by atoms with van der Waals surface area (Å²) in [5.41, 5.74) is 3.14. The Kier molecular flexibility index (Phi) is 6.97. The Balaban J connectivity index is 1.04. The van der Waals surface area contributed by atoms with Gasteiger partial charge in [0.05, 0.1) is 39.2 Å². The van der Waals surface area contributed by atoms with Crippen LogP contribution < -0.4 is 10.1 Å². The molecule has 2 aromatic heterocycles. The third-order valence-corrected chi connectivity index (χ3v) is 7.26. The predicted octanol–water partition coefficient (Wildman–Crippen LogP) is 2.61. The zero-order chi connectivity index (χ0) is 23.5. The van der Waals surface area contributed by atoms with E-state index >= 15 is 0 Å². The third kappa shape index (κ3) is 5.50. The molecule has 2 N–H and O–H groups in total. The van der Waals surface area contributed by atoms with Crippen molar-refractivity contribution in [3.05, 3.63) is 41.4 Å². The van der Waals surface area contributed by atoms with Crippen molar-refractivity contribution in [2.45, 2.75) is 13.0 Å². The van der Waals surface area contributed by atoms with Gasteiger partial charge in [-0.3, -0.25) is 14.6 Å². The van der Waals surface area contributed by atoms with E-state index in [9.17, 15) is 9.90 Å². The second-order valence-corrected chi connectivity index (χ2v) is 10.2. The molecule has 1 aliphatic heterocycles. The minimum atomic E-state index is -0.588. The quantitative estimate of drug-likeness (QED) is 0.382. The Hall–Kier alpha value is -2.70. The van der Waals surface area contributed by atoms with Crippen LogP contribution in [0.3, 0.4) is 0 Å². The lowest BCUT2D eigenvalue weighted by atomic mass is 10.2. The molecule has 0 unspecified atom stereocenters. The second kappa shape index (κ2) is 10.3. The van der Waals surface area contributed by atoms with Gasteiger partial charge in [-0.25, -0.2) is 4.98 Å². The summed E-state index contributed by atoms with van der Waals surface area (Å²) < 4.78 is 15.4. The number of fused-ring (bicyclic) bond motifs is 2. The molecule has 178 valence electrons. The summed E-state index contributed by atoms with van der Waals surface area (Å²) in [5.74, 6) is 0.659. The molecule has 0 aliphatic carbocycles. The van der Waals surface area contributed by atoms with Crippen LogP contribution in [0.15, 0.2) is 36.4 Å². The molecule has 0 saturated carbocycles. The van der Waals surface area contributed by atoms with Crippen molar-refractivity contribution >= 4 is 55.9 Å². The van der Waals surface area contributed by atoms with Gasteiger partial charge in [0.15, 0.2) is 0 Å². The number of piperazine rings is 1. The maximum Gasteiger partial charge on any atom is 0.238 e. The number of amides is 1. The van der Waals surface area contributed by atoms with Crippen LogP contribution in [0.1, 0.15) is 5.01 Å². The molecule has 0 bridgehead atoms. The molecule has 34 heavy (non-hydrogen) atoms. The number of hydrogen-bond donors (Lipinski definition) is 2. The molecule has 4 aromatic rings. The molecule has 9 nitrogen and oxygen atoms in total. The first-order valence-electron chi connectivity index (χ1n) is 11.2. The Morgan fingerprint density at radius 1 is 1.15 bits per heavy atom. The van der Waals surface area contributed by atoms with Crippen LogP contribution in [0.4, 0.5) is 5.69 Å². The van der Waals surface area contributed by atoms with Gasteiger partial charge < -0.3 is 15.2 Å². The Labute approximate surface area is 205 Å². The zero-order valence-electron chi connectivity index (χ0n) is 18.8. The average molecular weight is 499 g/mol. The number of hydrogen-bond acceptors (Lipinski definition) is 10. The number of aromatic nitrogens is 3. The largest absolute Gasteiger partial charge is 0.491 e. The van der Waals surface area contributed by atoms with E-state index in [0.717, 1.165) is 69.9 Å². The van der Waals surface area contributed by atoms with Gasteiger partial charge in [0.2, 0.25) is 5.91 Å². The van der Waals surface area contributed by atoms with Gasteiger partial charge in [0, 0.05) is 38.8 Å². The van der Waals surface area contributed by atoms with Gasteiger partial charge >= 0.3 is 0 Å². The summed E-state index contributed by atoms with van der Waals surface area (Å²) in [7, 11) is 0. The average Bonchev–Trinajstić information content (AvgIpc) is 3.45. The molecule has 1 aliphatic rings. The summed E-state index contributed by atoms with van der Waals surface area (Å²) >= 11 is 2.80. The fourth-order valence-corrected chi connectivity index (χ4v) is 5.44. The second-order valence-electron chi connectivity index (χ2n) is 8.39. The van der Waals surface area contributed by atoms with E-state index < -0.39 is 6.10 Å². The normalized spacial score (nSPS) is 16.2. The van der Waals surface area contributed by atoms with Crippen molar-refractivity contribution in [2.24, 2.45) is 0 Å². The van der Waals surface area contributed by atoms with Crippen LogP contribution in [-0.2, 0) is 4.79 Å². The molecule has 2 aromatic carbocycles. The van der Waals surface area contributed by atoms with Crippen LogP contribution in [-0.4, -0.2) is 86.5 Å². The number of carbonyl (C=O) groups excluding carboxylic acids is 1. The number of aliphatic hydroxyl groups is 1. The molecule has 1 atom stereocenters. The highest BCUT2D eigenvalue weighted by atomic mass is 32.1. The molecule has 3 heterocycles. The Morgan fingerprint density at radius 3 is 2.82 bits per heavy atom. The minimum Gasteiger partial charge on any atom is -0.491 e. The van der Waals surface area contributed by atoms with Gasteiger partial charge in [-0.1, -0.05) is 6.07 Å². The van der Waals surface area contributed by atoms with Crippen molar-refractivity contribution in [3.8, 4) is 5.75 Å². The summed E-state index contributed by atoms with van der Waals surface area (Å²) in [5, 5.41) is 14.4. The highest BCUT2D eigenvalue weighted by Crippen LogP contribution is 2.25. The van der Waals surface area contributed by atoms with Gasteiger partial charge in [-0.15, -0.1) is 11.3 Å². The van der Waals surface area contributed by atoms with Crippen LogP contribution in [0, 0.1) is 6.92 Å². The van der Waals surface area contributed by atoms with Gasteiger partial charge in [0.1, 0.15) is 29.5 Å². The van der Waals surface area contributed by atoms with Crippen LogP contribution in [0.25, 0.3) is 21.3 Å². The lowest BCUT2D eigenvalue weighted by Crippen LogP contribution is -2.50. The number of thiazole rings is 1. The lowest BCUT2D eigenvalue weighted by Gasteiger charge is -2.35. The number of aliphatic hydroxyl groups excluding tert-OH is 1. The first-order chi connectivity index (χ1) is 16.5. The first-order valence-corrected chi connectivity index (χ1v) is 12.7. The number of ether oxygens (including phenoxy) is 1. The summed E-state index contributed by atoms with van der Waals surface area (Å²) in [6.45, 7) is 6.20. The minimum absolute atomic E-state index is 0.0605. The lowest BCUT2D eigenvalue weighted by molar-refractivity contribution is -0.117. The van der Waals surface area contributed by atoms with Crippen LogP contribution in [0.5, 0.6) is 5.75 Å². The van der Waals surface area contributed by atoms with E-state index in [2.05, 4.69) is 28.8 Å². The maximum atomic E-state index is 12.5. The van der Waals surface area contributed by atoms with Gasteiger partial charge in [-0.2, -0.15) is 8.75 Å². The van der Waals surface area contributed by atoms with E-state index in [0.29, 0.717) is 18.8 Å². The highest BCUT2D eigenvalue weighted by Gasteiger charge is 2.21. The third-order valence-electron chi connectivity index (χ3n) is 5.77. The number of aryl methyl sites for hydroxylation is 1. The first kappa shape index (κ1) is 23.1. The Morgan fingerprint density at radius 2 is 1.97 bits per heavy atom.